The molecule has 0 aliphatic rings. The Morgan fingerprint density at radius 1 is 1.53 bits per heavy atom. The molecule has 17 heavy (non-hydrogen) atoms. The van der Waals surface area contributed by atoms with Crippen molar-refractivity contribution in [1.29, 1.82) is 5.26 Å². The molecule has 3 N–H and O–H groups in total. The third-order valence-corrected chi connectivity index (χ3v) is 2.16. The Hall–Kier alpha value is -1.81. The highest BCUT2D eigenvalue weighted by Gasteiger charge is 2.22. The molecule has 0 aromatic carbocycles. The maximum atomic E-state index is 11.6. The van der Waals surface area contributed by atoms with E-state index in [1.807, 2.05) is 6.07 Å². The number of urea groups is 1. The first kappa shape index (κ1) is 15.2. The van der Waals surface area contributed by atoms with Crippen LogP contribution < -0.4 is 5.32 Å². The van der Waals surface area contributed by atoms with Crippen LogP contribution in [0, 0.1) is 17.2 Å². The standard InChI is InChI=1S/C10H17N3O4/c1-3-13(5-7(2)4-11)10(17)12-8(6-14)9(15)16/h7-8,14H,3,5-6H2,1-2H3,(H,12,17)(H,15,16). The highest BCUT2D eigenvalue weighted by atomic mass is 16.4. The van der Waals surface area contributed by atoms with Crippen molar-refractivity contribution < 1.29 is 19.8 Å². The van der Waals surface area contributed by atoms with Gasteiger partial charge >= 0.3 is 12.0 Å². The molecule has 2 atom stereocenters. The molecule has 0 radical (unpaired) electrons. The van der Waals surface area contributed by atoms with E-state index in [1.54, 1.807) is 13.8 Å². The predicted molar refractivity (Wildman–Crippen MR) is 59.1 cm³/mol. The quantitative estimate of drug-likeness (QED) is 0.588. The van der Waals surface area contributed by atoms with Gasteiger partial charge in [-0.05, 0) is 13.8 Å². The maximum absolute atomic E-state index is 11.6. The lowest BCUT2D eigenvalue weighted by atomic mass is 10.2. The number of hydrogen-bond acceptors (Lipinski definition) is 4. The molecule has 0 heterocycles. The number of carboxylic acid groups (broad SMARTS) is 1. The third-order valence-electron chi connectivity index (χ3n) is 2.16. The average Bonchev–Trinajstić information content (AvgIpc) is 2.31. The first-order valence-electron chi connectivity index (χ1n) is 5.24. The van der Waals surface area contributed by atoms with Gasteiger partial charge in [-0.15, -0.1) is 0 Å². The van der Waals surface area contributed by atoms with E-state index in [-0.39, 0.29) is 12.5 Å². The molecule has 7 nitrogen and oxygen atoms in total. The number of carboxylic acids is 1. The van der Waals surface area contributed by atoms with Crippen molar-refractivity contribution in [3.63, 3.8) is 0 Å². The zero-order valence-corrected chi connectivity index (χ0v) is 9.88. The summed E-state index contributed by atoms with van der Waals surface area (Å²) < 4.78 is 0. The van der Waals surface area contributed by atoms with Gasteiger partial charge in [-0.25, -0.2) is 9.59 Å². The minimum Gasteiger partial charge on any atom is -0.480 e. The molecule has 0 spiro atoms. The van der Waals surface area contributed by atoms with E-state index in [1.165, 1.54) is 4.90 Å². The summed E-state index contributed by atoms with van der Waals surface area (Å²) in [5.74, 6) is -1.64. The number of nitriles is 1. The van der Waals surface area contributed by atoms with E-state index in [9.17, 15) is 9.59 Å². The van der Waals surface area contributed by atoms with Crippen LogP contribution in [0.15, 0.2) is 0 Å². The second kappa shape index (κ2) is 7.46. The lowest BCUT2D eigenvalue weighted by Crippen LogP contribution is -2.50. The number of nitrogens with zero attached hydrogens (tertiary/aromatic N) is 2. The molecule has 0 saturated carbocycles. The Morgan fingerprint density at radius 2 is 2.12 bits per heavy atom. The van der Waals surface area contributed by atoms with Gasteiger partial charge in [0.1, 0.15) is 0 Å². The zero-order chi connectivity index (χ0) is 13.4. The molecular formula is C10H17N3O4. The van der Waals surface area contributed by atoms with Crippen molar-refractivity contribution in [2.24, 2.45) is 5.92 Å². The molecule has 2 unspecified atom stereocenters. The van der Waals surface area contributed by atoms with Crippen LogP contribution in [0.2, 0.25) is 0 Å². The largest absolute Gasteiger partial charge is 0.480 e. The Bertz CT molecular complexity index is 313. The van der Waals surface area contributed by atoms with Gasteiger partial charge in [-0.3, -0.25) is 0 Å². The van der Waals surface area contributed by atoms with Gasteiger partial charge in [-0.2, -0.15) is 5.26 Å². The normalized spacial score (nSPS) is 13.3. The number of aliphatic hydroxyl groups excluding tert-OH is 1. The molecular weight excluding hydrogens is 226 g/mol. The number of rotatable bonds is 6. The summed E-state index contributed by atoms with van der Waals surface area (Å²) in [6, 6.07) is 0.0614. The SMILES string of the molecule is CCN(CC(C)C#N)C(=O)NC(CO)C(=O)O. The minimum absolute atomic E-state index is 0.219. The Balaban J connectivity index is 4.45. The Labute approximate surface area is 99.6 Å². The second-order valence-electron chi connectivity index (χ2n) is 3.59. The van der Waals surface area contributed by atoms with Crippen LogP contribution >= 0.6 is 0 Å². The highest BCUT2D eigenvalue weighted by molar-refractivity contribution is 5.82. The van der Waals surface area contributed by atoms with Crippen molar-refractivity contribution in [3.05, 3.63) is 0 Å². The van der Waals surface area contributed by atoms with Crippen LogP contribution in [0.25, 0.3) is 0 Å². The van der Waals surface area contributed by atoms with Gasteiger partial charge < -0.3 is 20.4 Å². The topological polar surface area (TPSA) is 114 Å². The average molecular weight is 243 g/mol. The van der Waals surface area contributed by atoms with Crippen LogP contribution in [0.3, 0.4) is 0 Å². The van der Waals surface area contributed by atoms with Crippen molar-refractivity contribution in [2.45, 2.75) is 19.9 Å². The number of amides is 2. The maximum Gasteiger partial charge on any atom is 0.328 e. The summed E-state index contributed by atoms with van der Waals surface area (Å²) >= 11 is 0. The van der Waals surface area contributed by atoms with Gasteiger partial charge in [0, 0.05) is 13.1 Å². The van der Waals surface area contributed by atoms with Crippen LogP contribution in [0.5, 0.6) is 0 Å². The first-order chi connectivity index (χ1) is 7.96. The molecule has 0 bridgehead atoms. The Morgan fingerprint density at radius 3 is 2.47 bits per heavy atom. The summed E-state index contributed by atoms with van der Waals surface area (Å²) in [6.07, 6.45) is 0. The molecule has 7 heteroatoms. The van der Waals surface area contributed by atoms with Gasteiger partial charge in [0.05, 0.1) is 18.6 Å². The zero-order valence-electron chi connectivity index (χ0n) is 9.88. The summed E-state index contributed by atoms with van der Waals surface area (Å²) in [6.45, 7) is 3.29. The van der Waals surface area contributed by atoms with Crippen molar-refractivity contribution in [3.8, 4) is 6.07 Å². The van der Waals surface area contributed by atoms with Crippen LogP contribution in [0.1, 0.15) is 13.8 Å². The smallest absolute Gasteiger partial charge is 0.328 e. The van der Waals surface area contributed by atoms with E-state index in [0.29, 0.717) is 6.54 Å². The van der Waals surface area contributed by atoms with Gasteiger partial charge in [0.25, 0.3) is 0 Å². The molecule has 0 aliphatic heterocycles. The predicted octanol–water partition coefficient (Wildman–Crippen LogP) is -0.377. The fourth-order valence-corrected chi connectivity index (χ4v) is 1.15. The minimum atomic E-state index is -1.33. The molecule has 0 aromatic rings. The lowest BCUT2D eigenvalue weighted by Gasteiger charge is -2.24. The fraction of sp³-hybridized carbons (Fsp3) is 0.700. The first-order valence-corrected chi connectivity index (χ1v) is 5.24. The van der Waals surface area contributed by atoms with Crippen LogP contribution in [0.4, 0.5) is 4.79 Å². The van der Waals surface area contributed by atoms with E-state index in [0.717, 1.165) is 0 Å². The van der Waals surface area contributed by atoms with E-state index < -0.39 is 24.6 Å². The summed E-state index contributed by atoms with van der Waals surface area (Å²) in [5, 5.41) is 28.2. The molecule has 0 rings (SSSR count). The van der Waals surface area contributed by atoms with E-state index >= 15 is 0 Å². The number of aliphatic carboxylic acids is 1. The number of aliphatic hydroxyl groups is 1. The van der Waals surface area contributed by atoms with Crippen LogP contribution in [-0.2, 0) is 4.79 Å². The monoisotopic (exact) mass is 243 g/mol. The van der Waals surface area contributed by atoms with Crippen molar-refractivity contribution in [1.82, 2.24) is 10.2 Å². The fourth-order valence-electron chi connectivity index (χ4n) is 1.15. The number of nitrogens with one attached hydrogen (secondary N) is 1. The summed E-state index contributed by atoms with van der Waals surface area (Å²) in [5.41, 5.74) is 0. The van der Waals surface area contributed by atoms with E-state index in [4.69, 9.17) is 15.5 Å². The Kier molecular flexibility index (Phi) is 6.67. The molecule has 2 amide bonds. The molecule has 0 saturated heterocycles. The summed E-state index contributed by atoms with van der Waals surface area (Å²) in [4.78, 5) is 23.6. The molecule has 0 aliphatic carbocycles. The van der Waals surface area contributed by atoms with Crippen molar-refractivity contribution in [2.75, 3.05) is 19.7 Å². The van der Waals surface area contributed by atoms with Crippen LogP contribution in [-0.4, -0.2) is 52.9 Å². The second-order valence-corrected chi connectivity index (χ2v) is 3.59. The molecule has 96 valence electrons. The van der Waals surface area contributed by atoms with Gasteiger partial charge in [0.2, 0.25) is 0 Å². The number of carbonyl (C=O) groups excluding carboxylic acids is 1. The molecule has 0 aromatic heterocycles. The third kappa shape index (κ3) is 5.17. The van der Waals surface area contributed by atoms with E-state index in [2.05, 4.69) is 5.32 Å². The highest BCUT2D eigenvalue weighted by Crippen LogP contribution is 1.99. The van der Waals surface area contributed by atoms with Gasteiger partial charge in [0.15, 0.2) is 6.04 Å². The number of carbonyl (C=O) groups is 2. The van der Waals surface area contributed by atoms with Gasteiger partial charge in [-0.1, -0.05) is 0 Å². The van der Waals surface area contributed by atoms with Crippen molar-refractivity contribution >= 4 is 12.0 Å². The molecule has 0 fully saturated rings. The number of hydrogen-bond donors (Lipinski definition) is 3. The summed E-state index contributed by atoms with van der Waals surface area (Å²) in [7, 11) is 0. The lowest BCUT2D eigenvalue weighted by molar-refractivity contribution is -0.140.